The van der Waals surface area contributed by atoms with Crippen LogP contribution in [-0.2, 0) is 29.1 Å². The zero-order valence-corrected chi connectivity index (χ0v) is 15.8. The third-order valence-electron chi connectivity index (χ3n) is 4.30. The van der Waals surface area contributed by atoms with Gasteiger partial charge in [0.15, 0.2) is 0 Å². The first kappa shape index (κ1) is 20.9. The second-order valence-electron chi connectivity index (χ2n) is 6.76. The van der Waals surface area contributed by atoms with Crippen LogP contribution in [-0.4, -0.2) is 28.7 Å². The minimum absolute atomic E-state index is 0.0568. The smallest absolute Gasteiger partial charge is 0.367 e. The summed E-state index contributed by atoms with van der Waals surface area (Å²) in [7, 11) is 0. The number of halogens is 3. The van der Waals surface area contributed by atoms with E-state index < -0.39 is 12.8 Å². The molecule has 154 valence electrons. The third-order valence-corrected chi connectivity index (χ3v) is 4.30. The fraction of sp³-hybridized carbons (Fsp3) is 0.333. The van der Waals surface area contributed by atoms with Crippen molar-refractivity contribution < 1.29 is 22.7 Å². The van der Waals surface area contributed by atoms with Crippen molar-refractivity contribution in [3.05, 3.63) is 65.5 Å². The first-order valence-corrected chi connectivity index (χ1v) is 9.32. The molecule has 0 bridgehead atoms. The highest BCUT2D eigenvalue weighted by atomic mass is 19.4. The van der Waals surface area contributed by atoms with Crippen LogP contribution in [0.2, 0.25) is 0 Å². The lowest BCUT2D eigenvalue weighted by molar-refractivity contribution is -0.176. The number of amides is 1. The summed E-state index contributed by atoms with van der Waals surface area (Å²) in [6.07, 6.45) is -2.56. The van der Waals surface area contributed by atoms with Crippen molar-refractivity contribution >= 4 is 16.9 Å². The monoisotopic (exact) mass is 405 g/mol. The van der Waals surface area contributed by atoms with Crippen molar-refractivity contribution in [2.45, 2.75) is 38.6 Å². The summed E-state index contributed by atoms with van der Waals surface area (Å²) < 4.78 is 40.8. The Morgan fingerprint density at radius 2 is 1.79 bits per heavy atom. The summed E-state index contributed by atoms with van der Waals surface area (Å²) in [6, 6.07) is 14.7. The van der Waals surface area contributed by atoms with Gasteiger partial charge in [-0.2, -0.15) is 13.2 Å². The number of fused-ring (bicyclic) bond motifs is 1. The Kier molecular flexibility index (Phi) is 6.87. The van der Waals surface area contributed by atoms with E-state index in [9.17, 15) is 18.0 Å². The molecule has 2 aromatic carbocycles. The molecule has 0 aliphatic heterocycles. The molecule has 2 N–H and O–H groups in total. The van der Waals surface area contributed by atoms with Crippen LogP contribution in [0.25, 0.3) is 11.0 Å². The van der Waals surface area contributed by atoms with Crippen LogP contribution in [0.4, 0.5) is 13.2 Å². The Labute approximate surface area is 166 Å². The fourth-order valence-corrected chi connectivity index (χ4v) is 2.87. The second kappa shape index (κ2) is 9.56. The van der Waals surface area contributed by atoms with Crippen LogP contribution in [0.3, 0.4) is 0 Å². The quantitative estimate of drug-likeness (QED) is 0.558. The fourth-order valence-electron chi connectivity index (χ4n) is 2.87. The highest BCUT2D eigenvalue weighted by molar-refractivity contribution is 5.76. The zero-order chi connectivity index (χ0) is 20.7. The molecule has 1 aromatic heterocycles. The third kappa shape index (κ3) is 6.90. The van der Waals surface area contributed by atoms with Gasteiger partial charge in [0.1, 0.15) is 12.4 Å². The number of carbonyl (C=O) groups is 1. The largest absolute Gasteiger partial charge is 0.411 e. The molecule has 0 saturated carbocycles. The van der Waals surface area contributed by atoms with Crippen molar-refractivity contribution in [1.29, 1.82) is 0 Å². The number of alkyl halides is 3. The first-order valence-electron chi connectivity index (χ1n) is 9.32. The Morgan fingerprint density at radius 1 is 1.07 bits per heavy atom. The zero-order valence-electron chi connectivity index (χ0n) is 15.8. The van der Waals surface area contributed by atoms with Gasteiger partial charge < -0.3 is 15.0 Å². The topological polar surface area (TPSA) is 67.0 Å². The van der Waals surface area contributed by atoms with Crippen LogP contribution in [0.15, 0.2) is 48.5 Å². The summed E-state index contributed by atoms with van der Waals surface area (Å²) in [5, 5.41) is 2.84. The highest BCUT2D eigenvalue weighted by Crippen LogP contribution is 2.16. The number of hydrogen-bond acceptors (Lipinski definition) is 3. The number of aryl methyl sites for hydroxylation is 1. The summed E-state index contributed by atoms with van der Waals surface area (Å²) in [5.74, 6) is 0.807. The number of nitrogens with one attached hydrogen (secondary N) is 2. The molecule has 0 radical (unpaired) electrons. The van der Waals surface area contributed by atoms with Gasteiger partial charge in [-0.3, -0.25) is 4.79 Å². The SMILES string of the molecule is O=C(CCCc1nc2ccccc2[nH]1)NCc1ccc(COCC(F)(F)F)cc1. The van der Waals surface area contributed by atoms with Crippen LogP contribution in [0, 0.1) is 0 Å². The summed E-state index contributed by atoms with van der Waals surface area (Å²) >= 11 is 0. The van der Waals surface area contributed by atoms with E-state index in [2.05, 4.69) is 20.0 Å². The van der Waals surface area contributed by atoms with Crippen molar-refractivity contribution in [1.82, 2.24) is 15.3 Å². The van der Waals surface area contributed by atoms with Gasteiger partial charge in [0.25, 0.3) is 0 Å². The minimum atomic E-state index is -4.32. The van der Waals surface area contributed by atoms with Gasteiger partial charge in [0.05, 0.1) is 17.6 Å². The summed E-state index contributed by atoms with van der Waals surface area (Å²) in [6.45, 7) is -1.00. The molecule has 0 aliphatic carbocycles. The lowest BCUT2D eigenvalue weighted by Gasteiger charge is -2.09. The van der Waals surface area contributed by atoms with Gasteiger partial charge in [0.2, 0.25) is 5.91 Å². The van der Waals surface area contributed by atoms with Crippen LogP contribution in [0.5, 0.6) is 0 Å². The maximum Gasteiger partial charge on any atom is 0.411 e. The molecule has 0 unspecified atom stereocenters. The molecule has 0 atom stereocenters. The van der Waals surface area contributed by atoms with E-state index in [1.54, 1.807) is 24.3 Å². The van der Waals surface area contributed by atoms with E-state index in [0.29, 0.717) is 31.4 Å². The molecule has 29 heavy (non-hydrogen) atoms. The molecule has 0 spiro atoms. The lowest BCUT2D eigenvalue weighted by atomic mass is 10.1. The predicted molar refractivity (Wildman–Crippen MR) is 103 cm³/mol. The number of aromatic amines is 1. The molecule has 1 heterocycles. The molecule has 8 heteroatoms. The van der Waals surface area contributed by atoms with E-state index in [1.807, 2.05) is 24.3 Å². The van der Waals surface area contributed by atoms with E-state index >= 15 is 0 Å². The van der Waals surface area contributed by atoms with Crippen molar-refractivity contribution in [2.75, 3.05) is 6.61 Å². The summed E-state index contributed by atoms with van der Waals surface area (Å²) in [4.78, 5) is 19.7. The number of carbonyl (C=O) groups excluding carboxylic acids is 1. The van der Waals surface area contributed by atoms with Gasteiger partial charge in [-0.05, 0) is 29.7 Å². The number of para-hydroxylation sites is 2. The van der Waals surface area contributed by atoms with Gasteiger partial charge in [-0.15, -0.1) is 0 Å². The maximum atomic E-state index is 12.1. The number of nitrogens with zero attached hydrogens (tertiary/aromatic N) is 1. The van der Waals surface area contributed by atoms with E-state index in [0.717, 1.165) is 22.4 Å². The van der Waals surface area contributed by atoms with Crippen LogP contribution in [0.1, 0.15) is 29.8 Å². The minimum Gasteiger partial charge on any atom is -0.367 e. The van der Waals surface area contributed by atoms with Gasteiger partial charge >= 0.3 is 6.18 Å². The average Bonchev–Trinajstić information content (AvgIpc) is 3.09. The van der Waals surface area contributed by atoms with Crippen molar-refractivity contribution in [3.8, 4) is 0 Å². The molecule has 1 amide bonds. The van der Waals surface area contributed by atoms with Gasteiger partial charge in [-0.25, -0.2) is 4.98 Å². The Bertz CT molecular complexity index is 903. The number of ether oxygens (including phenoxy) is 1. The number of aromatic nitrogens is 2. The number of H-pyrrole nitrogens is 1. The Morgan fingerprint density at radius 3 is 2.52 bits per heavy atom. The molecule has 0 saturated heterocycles. The molecule has 3 rings (SSSR count). The number of hydrogen-bond donors (Lipinski definition) is 2. The van der Waals surface area contributed by atoms with Crippen LogP contribution >= 0.6 is 0 Å². The lowest BCUT2D eigenvalue weighted by Crippen LogP contribution is -2.22. The van der Waals surface area contributed by atoms with Gasteiger partial charge in [-0.1, -0.05) is 36.4 Å². The Hall–Kier alpha value is -2.87. The molecular weight excluding hydrogens is 383 g/mol. The van der Waals surface area contributed by atoms with E-state index in [4.69, 9.17) is 0 Å². The molecule has 5 nitrogen and oxygen atoms in total. The standard InChI is InChI=1S/C21H22F3N3O2/c22-21(23,24)14-29-13-16-10-8-15(9-11-16)12-25-20(28)7-3-6-19-26-17-4-1-2-5-18(17)27-19/h1-2,4-5,8-11H,3,6-7,12-14H2,(H,25,28)(H,26,27). The summed E-state index contributed by atoms with van der Waals surface area (Å²) in [5.41, 5.74) is 3.42. The van der Waals surface area contributed by atoms with E-state index in [1.165, 1.54) is 0 Å². The average molecular weight is 405 g/mol. The molecule has 0 aliphatic rings. The molecule has 3 aromatic rings. The molecule has 0 fully saturated rings. The number of rotatable bonds is 9. The second-order valence-corrected chi connectivity index (χ2v) is 6.76. The number of benzene rings is 2. The van der Waals surface area contributed by atoms with E-state index in [-0.39, 0.29) is 12.5 Å². The maximum absolute atomic E-state index is 12.1. The first-order chi connectivity index (χ1) is 13.9. The van der Waals surface area contributed by atoms with Crippen LogP contribution < -0.4 is 5.32 Å². The Balaban J connectivity index is 1.35. The normalized spacial score (nSPS) is 11.7. The molecular formula is C21H22F3N3O2. The number of imidazole rings is 1. The highest BCUT2D eigenvalue weighted by Gasteiger charge is 2.27. The van der Waals surface area contributed by atoms with Gasteiger partial charge in [0, 0.05) is 19.4 Å². The van der Waals surface area contributed by atoms with Crippen molar-refractivity contribution in [3.63, 3.8) is 0 Å². The predicted octanol–water partition coefficient (Wildman–Crippen LogP) is 4.28. The van der Waals surface area contributed by atoms with Crippen molar-refractivity contribution in [2.24, 2.45) is 0 Å².